The number of anilines is 2. The molecule has 4 aromatic rings. The van der Waals surface area contributed by atoms with Crippen LogP contribution in [0.25, 0.3) is 21.3 Å². The van der Waals surface area contributed by atoms with Crippen molar-refractivity contribution in [3.63, 3.8) is 0 Å². The number of halogens is 1. The Balaban J connectivity index is 1.56. The van der Waals surface area contributed by atoms with E-state index in [1.165, 1.54) is 29.8 Å². The lowest BCUT2D eigenvalue weighted by Gasteiger charge is -2.11. The minimum absolute atomic E-state index is 0.0723. The van der Waals surface area contributed by atoms with E-state index in [1.54, 1.807) is 12.1 Å². The monoisotopic (exact) mass is 406 g/mol. The number of nitrogens with one attached hydrogen (secondary N) is 2. The van der Waals surface area contributed by atoms with Gasteiger partial charge in [0.1, 0.15) is 22.8 Å². The van der Waals surface area contributed by atoms with Gasteiger partial charge in [0.05, 0.1) is 11.9 Å². The number of rotatable bonds is 6. The maximum Gasteiger partial charge on any atom is 0.243 e. The van der Waals surface area contributed by atoms with Crippen LogP contribution in [0.3, 0.4) is 0 Å². The molecular formula is C22H19FN4OS. The Hall–Kier alpha value is -3.32. The van der Waals surface area contributed by atoms with E-state index >= 15 is 0 Å². The third-order valence-electron chi connectivity index (χ3n) is 4.61. The molecule has 5 nitrogen and oxygen atoms in total. The van der Waals surface area contributed by atoms with Gasteiger partial charge in [0.2, 0.25) is 5.91 Å². The number of para-hydroxylation sites is 1. The molecule has 0 fully saturated rings. The SMILES string of the molecule is CCc1ccccc1NC(=O)CNc1ncnc2scc(-c3ccc(F)cc3)c12. The number of fused-ring (bicyclic) bond motifs is 1. The third kappa shape index (κ3) is 4.09. The van der Waals surface area contributed by atoms with Crippen molar-refractivity contribution >= 4 is 39.0 Å². The lowest BCUT2D eigenvalue weighted by atomic mass is 10.1. The molecule has 0 aliphatic carbocycles. The number of hydrogen-bond donors (Lipinski definition) is 2. The van der Waals surface area contributed by atoms with Gasteiger partial charge in [-0.3, -0.25) is 4.79 Å². The average molecular weight is 406 g/mol. The van der Waals surface area contributed by atoms with E-state index in [1.807, 2.05) is 29.6 Å². The summed E-state index contributed by atoms with van der Waals surface area (Å²) in [6.07, 6.45) is 2.31. The van der Waals surface area contributed by atoms with Gasteiger partial charge in [-0.1, -0.05) is 37.3 Å². The number of amides is 1. The molecule has 0 saturated heterocycles. The molecule has 0 saturated carbocycles. The minimum Gasteiger partial charge on any atom is -0.360 e. The van der Waals surface area contributed by atoms with E-state index in [4.69, 9.17) is 0 Å². The van der Waals surface area contributed by atoms with Gasteiger partial charge < -0.3 is 10.6 Å². The van der Waals surface area contributed by atoms with Gasteiger partial charge >= 0.3 is 0 Å². The van der Waals surface area contributed by atoms with Crippen molar-refractivity contribution in [2.45, 2.75) is 13.3 Å². The Kier molecular flexibility index (Phi) is 5.48. The maximum atomic E-state index is 13.3. The quantitative estimate of drug-likeness (QED) is 0.467. The Morgan fingerprint density at radius 2 is 1.90 bits per heavy atom. The van der Waals surface area contributed by atoms with E-state index in [0.29, 0.717) is 5.82 Å². The Labute approximate surface area is 171 Å². The molecule has 0 radical (unpaired) electrons. The summed E-state index contributed by atoms with van der Waals surface area (Å²) in [7, 11) is 0. The molecule has 0 atom stereocenters. The van der Waals surface area contributed by atoms with Crippen molar-refractivity contribution in [2.24, 2.45) is 0 Å². The molecule has 0 bridgehead atoms. The largest absolute Gasteiger partial charge is 0.360 e. The second-order valence-electron chi connectivity index (χ2n) is 6.47. The second-order valence-corrected chi connectivity index (χ2v) is 7.33. The van der Waals surface area contributed by atoms with E-state index < -0.39 is 0 Å². The number of nitrogens with zero attached hydrogens (tertiary/aromatic N) is 2. The van der Waals surface area contributed by atoms with E-state index in [0.717, 1.165) is 39.0 Å². The van der Waals surface area contributed by atoms with Crippen molar-refractivity contribution in [1.29, 1.82) is 0 Å². The van der Waals surface area contributed by atoms with Crippen LogP contribution < -0.4 is 10.6 Å². The standard InChI is InChI=1S/C22H19FN4OS/c1-2-14-5-3-4-6-18(14)27-19(28)11-24-21-20-17(12-29-22(20)26-13-25-21)15-7-9-16(23)10-8-15/h3-10,12-13H,2,11H2,1H3,(H,27,28)(H,24,25,26). The summed E-state index contributed by atoms with van der Waals surface area (Å²) in [5, 5.41) is 8.86. The molecular weight excluding hydrogens is 387 g/mol. The zero-order valence-corrected chi connectivity index (χ0v) is 16.6. The first-order valence-electron chi connectivity index (χ1n) is 9.25. The van der Waals surface area contributed by atoms with Crippen molar-refractivity contribution in [2.75, 3.05) is 17.2 Å². The Morgan fingerprint density at radius 1 is 1.10 bits per heavy atom. The minimum atomic E-state index is -0.285. The second kappa shape index (κ2) is 8.36. The molecule has 0 unspecified atom stereocenters. The van der Waals surface area contributed by atoms with Crippen LogP contribution in [0, 0.1) is 5.82 Å². The van der Waals surface area contributed by atoms with Crippen LogP contribution in [-0.4, -0.2) is 22.4 Å². The van der Waals surface area contributed by atoms with Crippen LogP contribution in [0.15, 0.2) is 60.2 Å². The highest BCUT2D eigenvalue weighted by molar-refractivity contribution is 7.17. The molecule has 29 heavy (non-hydrogen) atoms. The molecule has 2 aromatic heterocycles. The van der Waals surface area contributed by atoms with Crippen LogP contribution in [0.1, 0.15) is 12.5 Å². The summed E-state index contributed by atoms with van der Waals surface area (Å²) in [6, 6.07) is 14.0. The van der Waals surface area contributed by atoms with Crippen molar-refractivity contribution < 1.29 is 9.18 Å². The van der Waals surface area contributed by atoms with Crippen molar-refractivity contribution in [3.05, 3.63) is 71.6 Å². The molecule has 2 aromatic carbocycles. The van der Waals surface area contributed by atoms with E-state index in [2.05, 4.69) is 27.5 Å². The van der Waals surface area contributed by atoms with Gasteiger partial charge in [-0.25, -0.2) is 14.4 Å². The number of thiophene rings is 1. The summed E-state index contributed by atoms with van der Waals surface area (Å²) in [5.74, 6) is 0.137. The van der Waals surface area contributed by atoms with Gasteiger partial charge in [-0.05, 0) is 35.7 Å². The molecule has 0 spiro atoms. The molecule has 0 aliphatic heterocycles. The molecule has 146 valence electrons. The number of carbonyl (C=O) groups is 1. The highest BCUT2D eigenvalue weighted by Crippen LogP contribution is 2.36. The number of carbonyl (C=O) groups excluding carboxylic acids is 1. The number of aromatic nitrogens is 2. The summed E-state index contributed by atoms with van der Waals surface area (Å²) in [6.45, 7) is 2.12. The Morgan fingerprint density at radius 3 is 2.69 bits per heavy atom. The molecule has 2 N–H and O–H groups in total. The smallest absolute Gasteiger partial charge is 0.243 e. The average Bonchev–Trinajstić information content (AvgIpc) is 3.18. The number of hydrogen-bond acceptors (Lipinski definition) is 5. The fourth-order valence-electron chi connectivity index (χ4n) is 3.16. The maximum absolute atomic E-state index is 13.3. The predicted octanol–water partition coefficient (Wildman–Crippen LogP) is 5.11. The van der Waals surface area contributed by atoms with Gasteiger partial charge in [0.15, 0.2) is 0 Å². The molecule has 2 heterocycles. The van der Waals surface area contributed by atoms with Gasteiger partial charge in [-0.2, -0.15) is 0 Å². The zero-order valence-electron chi connectivity index (χ0n) is 15.8. The van der Waals surface area contributed by atoms with Gasteiger partial charge in [0.25, 0.3) is 0 Å². The van der Waals surface area contributed by atoms with Crippen LogP contribution in [0.4, 0.5) is 15.9 Å². The molecule has 0 aliphatic rings. The van der Waals surface area contributed by atoms with Gasteiger partial charge in [0, 0.05) is 16.6 Å². The zero-order chi connectivity index (χ0) is 20.2. The summed E-state index contributed by atoms with van der Waals surface area (Å²) < 4.78 is 13.3. The highest BCUT2D eigenvalue weighted by Gasteiger charge is 2.14. The third-order valence-corrected chi connectivity index (χ3v) is 5.50. The fourth-order valence-corrected chi connectivity index (χ4v) is 4.08. The lowest BCUT2D eigenvalue weighted by molar-refractivity contribution is -0.114. The first kappa shape index (κ1) is 19.0. The summed E-state index contributed by atoms with van der Waals surface area (Å²) in [5.41, 5.74) is 3.68. The van der Waals surface area contributed by atoms with E-state index in [-0.39, 0.29) is 18.3 Å². The van der Waals surface area contributed by atoms with E-state index in [9.17, 15) is 9.18 Å². The van der Waals surface area contributed by atoms with Crippen LogP contribution in [-0.2, 0) is 11.2 Å². The molecule has 4 rings (SSSR count). The summed E-state index contributed by atoms with van der Waals surface area (Å²) in [4.78, 5) is 21.9. The molecule has 1 amide bonds. The summed E-state index contributed by atoms with van der Waals surface area (Å²) >= 11 is 1.48. The normalized spacial score (nSPS) is 10.8. The van der Waals surface area contributed by atoms with Gasteiger partial charge in [-0.15, -0.1) is 11.3 Å². The number of aryl methyl sites for hydroxylation is 1. The van der Waals surface area contributed by atoms with Crippen molar-refractivity contribution in [1.82, 2.24) is 9.97 Å². The number of benzene rings is 2. The van der Waals surface area contributed by atoms with Crippen LogP contribution >= 0.6 is 11.3 Å². The van der Waals surface area contributed by atoms with Crippen molar-refractivity contribution in [3.8, 4) is 11.1 Å². The molecule has 7 heteroatoms. The topological polar surface area (TPSA) is 66.9 Å². The van der Waals surface area contributed by atoms with Crippen LogP contribution in [0.2, 0.25) is 0 Å². The predicted molar refractivity (Wildman–Crippen MR) is 116 cm³/mol. The lowest BCUT2D eigenvalue weighted by Crippen LogP contribution is -2.22. The van der Waals surface area contributed by atoms with Crippen LogP contribution in [0.5, 0.6) is 0 Å². The first-order chi connectivity index (χ1) is 14.2. The highest BCUT2D eigenvalue weighted by atomic mass is 32.1. The fraction of sp³-hybridized carbons (Fsp3) is 0.136. The first-order valence-corrected chi connectivity index (χ1v) is 10.1. The Bertz CT molecular complexity index is 1160.